The van der Waals surface area contributed by atoms with Gasteiger partial charge in [-0.05, 0) is 67.1 Å². The van der Waals surface area contributed by atoms with Crippen molar-refractivity contribution in [1.29, 1.82) is 0 Å². The largest absolute Gasteiger partial charge is 0.497 e. The van der Waals surface area contributed by atoms with Gasteiger partial charge in [0.1, 0.15) is 5.75 Å². The molecule has 0 unspecified atom stereocenters. The smallest absolute Gasteiger partial charge is 0.283 e. The Bertz CT molecular complexity index is 1150. The first-order valence-corrected chi connectivity index (χ1v) is 10.8. The fourth-order valence-corrected chi connectivity index (χ4v) is 3.44. The first-order chi connectivity index (χ1) is 16.1. The Morgan fingerprint density at radius 3 is 2.48 bits per heavy atom. The summed E-state index contributed by atoms with van der Waals surface area (Å²) in [7, 11) is 1.61. The molecule has 4 aromatic rings. The molecule has 8 heteroatoms. The lowest BCUT2D eigenvalue weighted by molar-refractivity contribution is 0.102. The van der Waals surface area contributed by atoms with E-state index in [9.17, 15) is 4.79 Å². The van der Waals surface area contributed by atoms with Gasteiger partial charge in [0, 0.05) is 17.8 Å². The molecule has 0 atom stereocenters. The molecule has 4 rings (SSSR count). The molecule has 2 aromatic carbocycles. The maximum absolute atomic E-state index is 12.6. The first kappa shape index (κ1) is 22.3. The van der Waals surface area contributed by atoms with Gasteiger partial charge in [0.15, 0.2) is 5.76 Å². The summed E-state index contributed by atoms with van der Waals surface area (Å²) < 4.78 is 16.2. The van der Waals surface area contributed by atoms with E-state index in [4.69, 9.17) is 13.6 Å². The summed E-state index contributed by atoms with van der Waals surface area (Å²) >= 11 is 0. The van der Waals surface area contributed by atoms with Crippen molar-refractivity contribution >= 4 is 11.6 Å². The second kappa shape index (κ2) is 10.6. The van der Waals surface area contributed by atoms with E-state index in [2.05, 4.69) is 27.3 Å². The average Bonchev–Trinajstić information content (AvgIpc) is 3.52. The van der Waals surface area contributed by atoms with Crippen molar-refractivity contribution in [1.82, 2.24) is 15.1 Å². The van der Waals surface area contributed by atoms with E-state index in [1.807, 2.05) is 48.5 Å². The fraction of sp³-hybridized carbons (Fsp3) is 0.240. The van der Waals surface area contributed by atoms with Crippen molar-refractivity contribution in [3.8, 4) is 17.4 Å². The summed E-state index contributed by atoms with van der Waals surface area (Å²) in [6.07, 6.45) is 2.56. The Morgan fingerprint density at radius 1 is 1.03 bits per heavy atom. The van der Waals surface area contributed by atoms with Gasteiger partial charge in [0.05, 0.1) is 19.9 Å². The van der Waals surface area contributed by atoms with Gasteiger partial charge in [-0.25, -0.2) is 0 Å². The molecule has 0 radical (unpaired) electrons. The molecule has 0 saturated heterocycles. The minimum absolute atomic E-state index is 0.159. The van der Waals surface area contributed by atoms with Gasteiger partial charge in [0.2, 0.25) is 5.89 Å². The zero-order valence-electron chi connectivity index (χ0n) is 18.7. The number of hydrogen-bond acceptors (Lipinski definition) is 7. The third-order valence-corrected chi connectivity index (χ3v) is 5.07. The first-order valence-electron chi connectivity index (χ1n) is 10.8. The van der Waals surface area contributed by atoms with Crippen molar-refractivity contribution in [2.24, 2.45) is 0 Å². The van der Waals surface area contributed by atoms with Crippen LogP contribution >= 0.6 is 0 Å². The number of rotatable bonds is 10. The maximum Gasteiger partial charge on any atom is 0.283 e. The fourth-order valence-electron chi connectivity index (χ4n) is 3.44. The summed E-state index contributed by atoms with van der Waals surface area (Å²) in [4.78, 5) is 14.8. The SMILES string of the molecule is CCCN(Cc1ccc(C(=O)Nc2ccc(OC)cc2)cc1)Cc1nnc(-c2ccco2)o1. The van der Waals surface area contributed by atoms with Crippen LogP contribution < -0.4 is 10.1 Å². The van der Waals surface area contributed by atoms with Gasteiger partial charge in [0.25, 0.3) is 11.8 Å². The summed E-state index contributed by atoms with van der Waals surface area (Å²) in [5.74, 6) is 2.04. The van der Waals surface area contributed by atoms with Crippen molar-refractivity contribution in [3.63, 3.8) is 0 Å². The number of carbonyl (C=O) groups excluding carboxylic acids is 1. The summed E-state index contributed by atoms with van der Waals surface area (Å²) in [6, 6.07) is 18.4. The van der Waals surface area contributed by atoms with Crippen molar-refractivity contribution in [2.75, 3.05) is 19.0 Å². The number of carbonyl (C=O) groups is 1. The Labute approximate surface area is 192 Å². The van der Waals surface area contributed by atoms with E-state index in [0.717, 1.165) is 24.3 Å². The normalized spacial score (nSPS) is 11.0. The number of furan rings is 1. The third kappa shape index (κ3) is 5.87. The van der Waals surface area contributed by atoms with Crippen LogP contribution in [-0.4, -0.2) is 34.7 Å². The molecular weight excluding hydrogens is 420 g/mol. The Hall–Kier alpha value is -3.91. The Morgan fingerprint density at radius 2 is 1.82 bits per heavy atom. The van der Waals surface area contributed by atoms with Gasteiger partial charge in [-0.1, -0.05) is 19.1 Å². The number of nitrogens with one attached hydrogen (secondary N) is 1. The number of ether oxygens (including phenoxy) is 1. The Balaban J connectivity index is 1.36. The number of benzene rings is 2. The van der Waals surface area contributed by atoms with E-state index in [1.165, 1.54) is 0 Å². The summed E-state index contributed by atoms with van der Waals surface area (Å²) in [6.45, 7) is 4.23. The quantitative estimate of drug-likeness (QED) is 0.366. The van der Waals surface area contributed by atoms with Gasteiger partial charge in [-0.2, -0.15) is 0 Å². The maximum atomic E-state index is 12.6. The van der Waals surface area contributed by atoms with Crippen molar-refractivity contribution in [2.45, 2.75) is 26.4 Å². The zero-order chi connectivity index (χ0) is 23.0. The highest BCUT2D eigenvalue weighted by Gasteiger charge is 2.15. The molecule has 0 saturated carbocycles. The molecule has 0 spiro atoms. The summed E-state index contributed by atoms with van der Waals surface area (Å²) in [5.41, 5.74) is 2.40. The van der Waals surface area contributed by atoms with Crippen LogP contribution in [-0.2, 0) is 13.1 Å². The molecule has 0 aliphatic carbocycles. The monoisotopic (exact) mass is 446 g/mol. The molecule has 170 valence electrons. The molecule has 33 heavy (non-hydrogen) atoms. The van der Waals surface area contributed by atoms with E-state index in [0.29, 0.717) is 41.9 Å². The number of methoxy groups -OCH3 is 1. The van der Waals surface area contributed by atoms with E-state index >= 15 is 0 Å². The molecule has 1 amide bonds. The van der Waals surface area contributed by atoms with Gasteiger partial charge >= 0.3 is 0 Å². The molecule has 1 N–H and O–H groups in total. The highest BCUT2D eigenvalue weighted by atomic mass is 16.5. The third-order valence-electron chi connectivity index (χ3n) is 5.07. The zero-order valence-corrected chi connectivity index (χ0v) is 18.7. The van der Waals surface area contributed by atoms with Gasteiger partial charge in [-0.15, -0.1) is 10.2 Å². The van der Waals surface area contributed by atoms with E-state index in [-0.39, 0.29) is 5.91 Å². The van der Waals surface area contributed by atoms with Crippen LogP contribution in [0.3, 0.4) is 0 Å². The van der Waals surface area contributed by atoms with E-state index in [1.54, 1.807) is 25.5 Å². The topological polar surface area (TPSA) is 93.6 Å². The second-order valence-corrected chi connectivity index (χ2v) is 7.57. The van der Waals surface area contributed by atoms with Crippen LogP contribution in [0, 0.1) is 0 Å². The molecule has 2 aromatic heterocycles. The number of anilines is 1. The predicted octanol–water partition coefficient (Wildman–Crippen LogP) is 5.00. The highest BCUT2D eigenvalue weighted by molar-refractivity contribution is 6.04. The van der Waals surface area contributed by atoms with Crippen LogP contribution in [0.2, 0.25) is 0 Å². The number of amides is 1. The molecular formula is C25H26N4O4. The minimum atomic E-state index is -0.159. The lowest BCUT2D eigenvalue weighted by atomic mass is 10.1. The van der Waals surface area contributed by atoms with Crippen LogP contribution in [0.25, 0.3) is 11.7 Å². The van der Waals surface area contributed by atoms with Crippen molar-refractivity contribution in [3.05, 3.63) is 83.9 Å². The second-order valence-electron chi connectivity index (χ2n) is 7.57. The molecule has 2 heterocycles. The van der Waals surface area contributed by atoms with Crippen molar-refractivity contribution < 1.29 is 18.4 Å². The van der Waals surface area contributed by atoms with Crippen LogP contribution in [0.15, 0.2) is 75.8 Å². The lowest BCUT2D eigenvalue weighted by Gasteiger charge is -2.20. The number of hydrogen-bond donors (Lipinski definition) is 1. The number of aromatic nitrogens is 2. The molecule has 0 aliphatic heterocycles. The minimum Gasteiger partial charge on any atom is -0.497 e. The molecule has 0 aliphatic rings. The average molecular weight is 447 g/mol. The highest BCUT2D eigenvalue weighted by Crippen LogP contribution is 2.20. The molecule has 0 fully saturated rings. The molecule has 8 nitrogen and oxygen atoms in total. The van der Waals surface area contributed by atoms with Crippen LogP contribution in [0.1, 0.15) is 35.2 Å². The number of nitrogens with zero attached hydrogens (tertiary/aromatic N) is 3. The van der Waals surface area contributed by atoms with Crippen LogP contribution in [0.4, 0.5) is 5.69 Å². The molecule has 0 bridgehead atoms. The standard InChI is InChI=1S/C25H26N4O4/c1-3-14-29(17-23-27-28-25(33-23)22-5-4-15-32-22)16-18-6-8-19(9-7-18)24(30)26-20-10-12-21(31-2)13-11-20/h4-13,15H,3,14,16-17H2,1-2H3,(H,26,30). The summed E-state index contributed by atoms with van der Waals surface area (Å²) in [5, 5.41) is 11.1. The lowest BCUT2D eigenvalue weighted by Crippen LogP contribution is -2.24. The van der Waals surface area contributed by atoms with E-state index < -0.39 is 0 Å². The van der Waals surface area contributed by atoms with Crippen LogP contribution in [0.5, 0.6) is 5.75 Å². The Kier molecular flexibility index (Phi) is 7.16. The van der Waals surface area contributed by atoms with Gasteiger partial charge < -0.3 is 18.9 Å². The predicted molar refractivity (Wildman–Crippen MR) is 124 cm³/mol. The van der Waals surface area contributed by atoms with Gasteiger partial charge in [-0.3, -0.25) is 9.69 Å².